The Kier molecular flexibility index (Phi) is 5.97. The second-order valence-electron chi connectivity index (χ2n) is 4.96. The number of nitrogens with one attached hydrogen (secondary N) is 1. The van der Waals surface area contributed by atoms with Gasteiger partial charge in [0, 0.05) is 19.3 Å². The number of nitrogens with zero attached hydrogens (tertiary/aromatic N) is 2. The highest BCUT2D eigenvalue weighted by molar-refractivity contribution is 5.94. The molecular weight excluding hydrogens is 290 g/mol. The third-order valence-electron chi connectivity index (χ3n) is 3.51. The van der Waals surface area contributed by atoms with Gasteiger partial charge in [-0.05, 0) is 45.0 Å². The van der Waals surface area contributed by atoms with Crippen LogP contribution in [0.3, 0.4) is 0 Å². The molecular formula is C18H23N3O2. The minimum atomic E-state index is 0.00349. The fourth-order valence-electron chi connectivity index (χ4n) is 2.28. The smallest absolute Gasteiger partial charge is 0.255 e. The summed E-state index contributed by atoms with van der Waals surface area (Å²) < 4.78 is 5.58. The van der Waals surface area contributed by atoms with Crippen LogP contribution in [0, 0.1) is 0 Å². The minimum absolute atomic E-state index is 0.00349. The molecule has 1 N–H and O–H groups in total. The van der Waals surface area contributed by atoms with E-state index < -0.39 is 0 Å². The molecule has 2 aromatic rings. The summed E-state index contributed by atoms with van der Waals surface area (Å²) in [5, 5.41) is 3.22. The van der Waals surface area contributed by atoms with Gasteiger partial charge in [-0.3, -0.25) is 4.79 Å². The lowest BCUT2D eigenvalue weighted by Crippen LogP contribution is -2.30. The first-order valence-corrected chi connectivity index (χ1v) is 7.93. The molecule has 0 atom stereocenters. The summed E-state index contributed by atoms with van der Waals surface area (Å²) in [6, 6.07) is 11.3. The fourth-order valence-corrected chi connectivity index (χ4v) is 2.28. The number of carbonyl (C=O) groups is 1. The number of rotatable bonds is 7. The number of ether oxygens (including phenoxy) is 1. The molecule has 0 spiro atoms. The Balaban J connectivity index is 2.13. The van der Waals surface area contributed by atoms with Crippen molar-refractivity contribution in [3.05, 3.63) is 48.2 Å². The Labute approximate surface area is 137 Å². The molecule has 0 bridgehead atoms. The highest BCUT2D eigenvalue weighted by atomic mass is 16.5. The van der Waals surface area contributed by atoms with E-state index in [1.165, 1.54) is 0 Å². The first kappa shape index (κ1) is 16.8. The van der Waals surface area contributed by atoms with Crippen molar-refractivity contribution in [2.75, 3.05) is 25.0 Å². The zero-order chi connectivity index (χ0) is 16.7. The number of hydrogen-bond acceptors (Lipinski definition) is 4. The molecule has 5 nitrogen and oxygen atoms in total. The monoisotopic (exact) mass is 313 g/mol. The van der Waals surface area contributed by atoms with E-state index in [9.17, 15) is 4.79 Å². The van der Waals surface area contributed by atoms with Crippen LogP contribution >= 0.6 is 0 Å². The van der Waals surface area contributed by atoms with E-state index >= 15 is 0 Å². The molecule has 2 rings (SSSR count). The van der Waals surface area contributed by atoms with Crippen LogP contribution in [0.15, 0.2) is 42.6 Å². The van der Waals surface area contributed by atoms with Gasteiger partial charge in [0.25, 0.3) is 5.91 Å². The average molecular weight is 313 g/mol. The van der Waals surface area contributed by atoms with Crippen LogP contribution in [0.25, 0.3) is 0 Å². The van der Waals surface area contributed by atoms with Crippen molar-refractivity contribution in [1.29, 1.82) is 0 Å². The number of hydrogen-bond donors (Lipinski definition) is 1. The third-order valence-corrected chi connectivity index (χ3v) is 3.51. The van der Waals surface area contributed by atoms with Crippen LogP contribution in [0.4, 0.5) is 11.5 Å². The summed E-state index contributed by atoms with van der Waals surface area (Å²) >= 11 is 0. The number of pyridine rings is 1. The Morgan fingerprint density at radius 3 is 2.48 bits per heavy atom. The van der Waals surface area contributed by atoms with E-state index in [1.54, 1.807) is 23.2 Å². The van der Waals surface area contributed by atoms with Gasteiger partial charge in [0.1, 0.15) is 11.6 Å². The van der Waals surface area contributed by atoms with Crippen molar-refractivity contribution in [3.8, 4) is 5.75 Å². The fraction of sp³-hybridized carbons (Fsp3) is 0.333. The number of amides is 1. The van der Waals surface area contributed by atoms with Crippen LogP contribution < -0.4 is 10.1 Å². The van der Waals surface area contributed by atoms with Gasteiger partial charge in [-0.15, -0.1) is 0 Å². The maximum Gasteiger partial charge on any atom is 0.255 e. The molecule has 0 saturated heterocycles. The first-order valence-electron chi connectivity index (χ1n) is 7.93. The van der Waals surface area contributed by atoms with E-state index in [4.69, 9.17) is 4.74 Å². The summed E-state index contributed by atoms with van der Waals surface area (Å²) in [6.07, 6.45) is 1.60. The van der Waals surface area contributed by atoms with E-state index in [0.29, 0.717) is 31.1 Å². The molecule has 0 saturated carbocycles. The van der Waals surface area contributed by atoms with Gasteiger partial charge in [0.05, 0.1) is 17.9 Å². The van der Waals surface area contributed by atoms with Crippen LogP contribution in [0.1, 0.15) is 31.1 Å². The van der Waals surface area contributed by atoms with Crippen molar-refractivity contribution in [2.24, 2.45) is 0 Å². The van der Waals surface area contributed by atoms with Crippen LogP contribution in [0.5, 0.6) is 5.75 Å². The lowest BCUT2D eigenvalue weighted by Gasteiger charge is -2.18. The predicted octanol–water partition coefficient (Wildman–Crippen LogP) is 3.71. The van der Waals surface area contributed by atoms with Crippen molar-refractivity contribution in [1.82, 2.24) is 9.88 Å². The molecule has 1 heterocycles. The molecule has 0 unspecified atom stereocenters. The second kappa shape index (κ2) is 8.17. The van der Waals surface area contributed by atoms with Gasteiger partial charge in [-0.25, -0.2) is 4.98 Å². The largest absolute Gasteiger partial charge is 0.492 e. The third kappa shape index (κ3) is 4.22. The Bertz CT molecular complexity index is 637. The Morgan fingerprint density at radius 1 is 1.13 bits per heavy atom. The topological polar surface area (TPSA) is 54.5 Å². The molecule has 122 valence electrons. The highest BCUT2D eigenvalue weighted by Crippen LogP contribution is 2.26. The zero-order valence-corrected chi connectivity index (χ0v) is 13.9. The highest BCUT2D eigenvalue weighted by Gasteiger charge is 2.12. The minimum Gasteiger partial charge on any atom is -0.492 e. The summed E-state index contributed by atoms with van der Waals surface area (Å²) in [5.74, 6) is 1.46. The number of carbonyl (C=O) groups excluding carboxylic acids is 1. The molecule has 0 radical (unpaired) electrons. The molecule has 0 aliphatic heterocycles. The normalized spacial score (nSPS) is 10.2. The van der Waals surface area contributed by atoms with Crippen molar-refractivity contribution in [3.63, 3.8) is 0 Å². The van der Waals surface area contributed by atoms with Crippen molar-refractivity contribution < 1.29 is 9.53 Å². The molecule has 1 aromatic heterocycles. The van der Waals surface area contributed by atoms with Crippen LogP contribution in [0.2, 0.25) is 0 Å². The first-order chi connectivity index (χ1) is 11.2. The molecule has 0 aliphatic carbocycles. The maximum absolute atomic E-state index is 12.3. The number of benzene rings is 1. The number of para-hydroxylation sites is 2. The SMILES string of the molecule is CCOc1ccccc1Nc1ccc(C(=O)N(CC)CC)cn1. The van der Waals surface area contributed by atoms with Gasteiger partial charge in [0.15, 0.2) is 0 Å². The van der Waals surface area contributed by atoms with E-state index in [0.717, 1.165) is 11.4 Å². The molecule has 0 fully saturated rings. The predicted molar refractivity (Wildman–Crippen MR) is 92.4 cm³/mol. The summed E-state index contributed by atoms with van der Waals surface area (Å²) in [4.78, 5) is 18.4. The maximum atomic E-state index is 12.3. The van der Waals surface area contributed by atoms with Crippen molar-refractivity contribution in [2.45, 2.75) is 20.8 Å². The van der Waals surface area contributed by atoms with Gasteiger partial charge in [0.2, 0.25) is 0 Å². The molecule has 5 heteroatoms. The molecule has 1 amide bonds. The van der Waals surface area contributed by atoms with Crippen LogP contribution in [-0.2, 0) is 0 Å². The van der Waals surface area contributed by atoms with Gasteiger partial charge >= 0.3 is 0 Å². The molecule has 0 aliphatic rings. The van der Waals surface area contributed by atoms with Gasteiger partial charge in [-0.1, -0.05) is 12.1 Å². The second-order valence-corrected chi connectivity index (χ2v) is 4.96. The lowest BCUT2D eigenvalue weighted by atomic mass is 10.2. The molecule has 1 aromatic carbocycles. The van der Waals surface area contributed by atoms with Gasteiger partial charge in [-0.2, -0.15) is 0 Å². The number of aromatic nitrogens is 1. The van der Waals surface area contributed by atoms with E-state index in [-0.39, 0.29) is 5.91 Å². The summed E-state index contributed by atoms with van der Waals surface area (Å²) in [6.45, 7) is 7.87. The number of anilines is 2. The summed E-state index contributed by atoms with van der Waals surface area (Å²) in [5.41, 5.74) is 1.45. The Hall–Kier alpha value is -2.56. The average Bonchev–Trinajstić information content (AvgIpc) is 2.58. The van der Waals surface area contributed by atoms with Gasteiger partial charge < -0.3 is 15.0 Å². The summed E-state index contributed by atoms with van der Waals surface area (Å²) in [7, 11) is 0. The molecule has 23 heavy (non-hydrogen) atoms. The standard InChI is InChI=1S/C18H23N3O2/c1-4-21(5-2)18(22)14-11-12-17(19-13-14)20-15-9-7-8-10-16(15)23-6-3/h7-13H,4-6H2,1-3H3,(H,19,20). The van der Waals surface area contributed by atoms with E-state index in [1.807, 2.05) is 45.0 Å². The van der Waals surface area contributed by atoms with E-state index in [2.05, 4.69) is 10.3 Å². The van der Waals surface area contributed by atoms with Crippen molar-refractivity contribution >= 4 is 17.4 Å². The van der Waals surface area contributed by atoms with Crippen LogP contribution in [-0.4, -0.2) is 35.5 Å². The Morgan fingerprint density at radius 2 is 1.87 bits per heavy atom. The quantitative estimate of drug-likeness (QED) is 0.846. The lowest BCUT2D eigenvalue weighted by molar-refractivity contribution is 0.0772. The zero-order valence-electron chi connectivity index (χ0n) is 13.9.